The highest BCUT2D eigenvalue weighted by molar-refractivity contribution is 5.79. The zero-order valence-corrected chi connectivity index (χ0v) is 14.9. The zero-order valence-electron chi connectivity index (χ0n) is 14.9. The Balaban J connectivity index is 2.52. The Bertz CT molecular complexity index is 475. The zero-order chi connectivity index (χ0) is 16.9. The fourth-order valence-electron chi connectivity index (χ4n) is 2.14. The van der Waals surface area contributed by atoms with Gasteiger partial charge in [-0.1, -0.05) is 32.8 Å². The number of nitrogens with one attached hydrogen (secondary N) is 2. The van der Waals surface area contributed by atoms with E-state index in [4.69, 9.17) is 9.47 Å². The lowest BCUT2D eigenvalue weighted by Crippen LogP contribution is -2.37. The Kier molecular flexibility index (Phi) is 9.68. The summed E-state index contributed by atoms with van der Waals surface area (Å²) in [6.07, 6.45) is 4.60. The minimum atomic E-state index is 0.692. The number of ether oxygens (including phenoxy) is 2. The maximum Gasteiger partial charge on any atom is 0.191 e. The second-order valence-electron chi connectivity index (χ2n) is 5.39. The minimum Gasteiger partial charge on any atom is -0.493 e. The highest BCUT2D eigenvalue weighted by atomic mass is 16.5. The summed E-state index contributed by atoms with van der Waals surface area (Å²) in [5.74, 6) is 2.38. The van der Waals surface area contributed by atoms with E-state index in [9.17, 15) is 0 Å². The average Bonchev–Trinajstić information content (AvgIpc) is 2.59. The molecule has 0 atom stereocenters. The van der Waals surface area contributed by atoms with Crippen LogP contribution in [-0.4, -0.2) is 33.3 Å². The second-order valence-corrected chi connectivity index (χ2v) is 5.39. The van der Waals surface area contributed by atoms with Gasteiger partial charge in [0.1, 0.15) is 0 Å². The van der Waals surface area contributed by atoms with Crippen molar-refractivity contribution in [2.24, 2.45) is 4.99 Å². The van der Waals surface area contributed by atoms with Crippen molar-refractivity contribution in [3.8, 4) is 11.5 Å². The van der Waals surface area contributed by atoms with E-state index >= 15 is 0 Å². The first-order chi connectivity index (χ1) is 11.2. The SMILES string of the molecule is CCCCCNC(=NC)NCc1ccc(OCCC)c(OC)c1. The van der Waals surface area contributed by atoms with Crippen molar-refractivity contribution in [3.63, 3.8) is 0 Å². The lowest BCUT2D eigenvalue weighted by molar-refractivity contribution is 0.294. The van der Waals surface area contributed by atoms with Crippen molar-refractivity contribution < 1.29 is 9.47 Å². The lowest BCUT2D eigenvalue weighted by atomic mass is 10.2. The Labute approximate surface area is 140 Å². The van der Waals surface area contributed by atoms with Crippen LogP contribution in [-0.2, 0) is 6.54 Å². The molecule has 130 valence electrons. The Morgan fingerprint density at radius 1 is 1.09 bits per heavy atom. The Morgan fingerprint density at radius 3 is 2.57 bits per heavy atom. The third-order valence-corrected chi connectivity index (χ3v) is 3.45. The van der Waals surface area contributed by atoms with Gasteiger partial charge in [-0.2, -0.15) is 0 Å². The standard InChI is InChI=1S/C18H31N3O2/c1-5-7-8-11-20-18(19-3)21-14-15-9-10-16(23-12-6-2)17(13-15)22-4/h9-10,13H,5-8,11-12,14H2,1-4H3,(H2,19,20,21). The van der Waals surface area contributed by atoms with Crippen LogP contribution >= 0.6 is 0 Å². The summed E-state index contributed by atoms with van der Waals surface area (Å²) in [5.41, 5.74) is 1.13. The second kappa shape index (κ2) is 11.6. The predicted molar refractivity (Wildman–Crippen MR) is 96.5 cm³/mol. The molecule has 0 aliphatic carbocycles. The Hall–Kier alpha value is -1.91. The topological polar surface area (TPSA) is 54.9 Å². The molecule has 23 heavy (non-hydrogen) atoms. The molecule has 0 radical (unpaired) electrons. The summed E-state index contributed by atoms with van der Waals surface area (Å²) >= 11 is 0. The van der Waals surface area contributed by atoms with Gasteiger partial charge in [0.05, 0.1) is 13.7 Å². The number of methoxy groups -OCH3 is 1. The number of aliphatic imine (C=N–C) groups is 1. The molecule has 5 nitrogen and oxygen atoms in total. The normalized spacial score (nSPS) is 11.2. The van der Waals surface area contributed by atoms with Crippen molar-refractivity contribution >= 4 is 5.96 Å². The fraction of sp³-hybridized carbons (Fsp3) is 0.611. The molecule has 5 heteroatoms. The highest BCUT2D eigenvalue weighted by Crippen LogP contribution is 2.28. The lowest BCUT2D eigenvalue weighted by Gasteiger charge is -2.14. The van der Waals surface area contributed by atoms with E-state index in [-0.39, 0.29) is 0 Å². The van der Waals surface area contributed by atoms with Crippen molar-refractivity contribution in [3.05, 3.63) is 23.8 Å². The summed E-state index contributed by atoms with van der Waals surface area (Å²) in [6, 6.07) is 6.01. The van der Waals surface area contributed by atoms with E-state index in [1.165, 1.54) is 12.8 Å². The maximum absolute atomic E-state index is 5.67. The van der Waals surface area contributed by atoms with E-state index in [1.54, 1.807) is 14.2 Å². The molecule has 0 saturated carbocycles. The number of unbranched alkanes of at least 4 members (excludes halogenated alkanes) is 2. The van der Waals surface area contributed by atoms with E-state index in [2.05, 4.69) is 29.5 Å². The van der Waals surface area contributed by atoms with E-state index in [0.29, 0.717) is 13.2 Å². The van der Waals surface area contributed by atoms with Gasteiger partial charge in [0, 0.05) is 20.1 Å². The smallest absolute Gasteiger partial charge is 0.191 e. The first-order valence-corrected chi connectivity index (χ1v) is 8.49. The molecule has 0 aliphatic heterocycles. The molecular formula is C18H31N3O2. The van der Waals surface area contributed by atoms with Gasteiger partial charge < -0.3 is 20.1 Å². The van der Waals surface area contributed by atoms with Crippen LogP contribution in [0.2, 0.25) is 0 Å². The van der Waals surface area contributed by atoms with Gasteiger partial charge in [0.25, 0.3) is 0 Å². The quantitative estimate of drug-likeness (QED) is 0.394. The molecule has 0 unspecified atom stereocenters. The number of hydrogen-bond acceptors (Lipinski definition) is 3. The molecule has 0 fully saturated rings. The van der Waals surface area contributed by atoms with Gasteiger partial charge in [-0.15, -0.1) is 0 Å². The molecule has 0 bridgehead atoms. The third kappa shape index (κ3) is 7.26. The molecule has 0 aliphatic rings. The summed E-state index contributed by atoms with van der Waals surface area (Å²) in [4.78, 5) is 4.24. The molecule has 0 saturated heterocycles. The average molecular weight is 321 g/mol. The highest BCUT2D eigenvalue weighted by Gasteiger charge is 2.06. The number of benzene rings is 1. The monoisotopic (exact) mass is 321 g/mol. The van der Waals surface area contributed by atoms with Crippen LogP contribution < -0.4 is 20.1 Å². The summed E-state index contributed by atoms with van der Waals surface area (Å²) in [6.45, 7) is 6.62. The Morgan fingerprint density at radius 2 is 1.91 bits per heavy atom. The van der Waals surface area contributed by atoms with Gasteiger partial charge in [-0.25, -0.2) is 0 Å². The summed E-state index contributed by atoms with van der Waals surface area (Å²) < 4.78 is 11.1. The molecular weight excluding hydrogens is 290 g/mol. The van der Waals surface area contributed by atoms with Gasteiger partial charge >= 0.3 is 0 Å². The number of nitrogens with zero attached hydrogens (tertiary/aromatic N) is 1. The molecule has 1 aromatic carbocycles. The molecule has 0 aromatic heterocycles. The predicted octanol–water partition coefficient (Wildman–Crippen LogP) is 3.34. The fourth-order valence-corrected chi connectivity index (χ4v) is 2.14. The van der Waals surface area contributed by atoms with Crippen LogP contribution in [0.5, 0.6) is 11.5 Å². The van der Waals surface area contributed by atoms with Crippen LogP contribution in [0.4, 0.5) is 0 Å². The summed E-state index contributed by atoms with van der Waals surface area (Å²) in [7, 11) is 3.46. The van der Waals surface area contributed by atoms with Crippen molar-refractivity contribution in [1.29, 1.82) is 0 Å². The van der Waals surface area contributed by atoms with Gasteiger partial charge in [-0.05, 0) is 30.5 Å². The summed E-state index contributed by atoms with van der Waals surface area (Å²) in [5, 5.41) is 6.64. The third-order valence-electron chi connectivity index (χ3n) is 3.45. The van der Waals surface area contributed by atoms with Crippen LogP contribution in [0.25, 0.3) is 0 Å². The van der Waals surface area contributed by atoms with Crippen LogP contribution in [0, 0.1) is 0 Å². The van der Waals surface area contributed by atoms with Crippen molar-refractivity contribution in [2.75, 3.05) is 27.3 Å². The first kappa shape index (κ1) is 19.1. The maximum atomic E-state index is 5.67. The number of guanidine groups is 1. The van der Waals surface area contributed by atoms with Gasteiger partial charge in [-0.3, -0.25) is 4.99 Å². The number of rotatable bonds is 10. The molecule has 0 spiro atoms. The number of hydrogen-bond donors (Lipinski definition) is 2. The van der Waals surface area contributed by atoms with Crippen molar-refractivity contribution in [2.45, 2.75) is 46.1 Å². The van der Waals surface area contributed by atoms with Crippen LogP contribution in [0.15, 0.2) is 23.2 Å². The largest absolute Gasteiger partial charge is 0.493 e. The van der Waals surface area contributed by atoms with Crippen molar-refractivity contribution in [1.82, 2.24) is 10.6 Å². The van der Waals surface area contributed by atoms with Gasteiger partial charge in [0.15, 0.2) is 17.5 Å². The molecule has 2 N–H and O–H groups in total. The first-order valence-electron chi connectivity index (χ1n) is 8.49. The molecule has 0 amide bonds. The van der Waals surface area contributed by atoms with E-state index in [1.807, 2.05) is 18.2 Å². The van der Waals surface area contributed by atoms with Gasteiger partial charge in [0.2, 0.25) is 0 Å². The minimum absolute atomic E-state index is 0.692. The molecule has 1 aromatic rings. The van der Waals surface area contributed by atoms with Crippen LogP contribution in [0.3, 0.4) is 0 Å². The molecule has 0 heterocycles. The van der Waals surface area contributed by atoms with E-state index < -0.39 is 0 Å². The molecule has 1 rings (SSSR count). The van der Waals surface area contributed by atoms with E-state index in [0.717, 1.165) is 42.4 Å². The van der Waals surface area contributed by atoms with Crippen LogP contribution in [0.1, 0.15) is 45.1 Å².